The van der Waals surface area contributed by atoms with Crippen LogP contribution in [0.15, 0.2) is 182 Å². The summed E-state index contributed by atoms with van der Waals surface area (Å²) in [5.41, 5.74) is 18.6. The Morgan fingerprint density at radius 1 is 0.450 bits per heavy atom. The molecule has 2 aromatic heterocycles. The first kappa shape index (κ1) is 33.8. The maximum absolute atomic E-state index is 6.57. The molecule has 3 heterocycles. The van der Waals surface area contributed by atoms with Gasteiger partial charge in [0, 0.05) is 37.8 Å². The zero-order valence-electron chi connectivity index (χ0n) is 33.0. The molecule has 1 aliphatic heterocycles. The van der Waals surface area contributed by atoms with Crippen LogP contribution >= 0.6 is 11.3 Å². The molecule has 8 aromatic carbocycles. The Bertz CT molecular complexity index is 3410. The lowest BCUT2D eigenvalue weighted by molar-refractivity contribution is 0.436. The Balaban J connectivity index is 0.990. The molecule has 282 valence electrons. The van der Waals surface area contributed by atoms with E-state index in [4.69, 9.17) is 14.7 Å². The van der Waals surface area contributed by atoms with Crippen LogP contribution in [0.1, 0.15) is 47.2 Å². The van der Waals surface area contributed by atoms with Crippen LogP contribution in [-0.4, -0.2) is 9.97 Å². The van der Waals surface area contributed by atoms with Crippen molar-refractivity contribution in [1.29, 1.82) is 0 Å². The molecule has 1 spiro atoms. The molecule has 0 fully saturated rings. The van der Waals surface area contributed by atoms with Crippen molar-refractivity contribution in [2.75, 3.05) is 0 Å². The van der Waals surface area contributed by atoms with Crippen molar-refractivity contribution < 1.29 is 4.74 Å². The van der Waals surface area contributed by atoms with Gasteiger partial charge in [-0.3, -0.25) is 0 Å². The third-order valence-corrected chi connectivity index (χ3v) is 14.5. The minimum Gasteiger partial charge on any atom is -0.457 e. The van der Waals surface area contributed by atoms with Crippen molar-refractivity contribution >= 4 is 31.6 Å². The molecule has 3 aliphatic rings. The van der Waals surface area contributed by atoms with Crippen LogP contribution in [0.3, 0.4) is 0 Å². The highest BCUT2D eigenvalue weighted by Gasteiger charge is 2.51. The summed E-state index contributed by atoms with van der Waals surface area (Å²) in [6.07, 6.45) is 0. The standard InChI is InChI=1S/C56H36N2OS/c1-55(2)42-29-27-34(35-28-30-44-40(31-35)36-17-6-8-21-43(36)56(44)45-22-9-11-24-47(45)59-48-25-12-10-23-46(48)56)32-41(42)37-19-14-20-39(50(37)55)52-53-51(38-18-7-13-26-49(38)60-53)57-54(58-52)33-15-4-3-5-16-33/h3-32H,1-2H3. The molecule has 0 saturated carbocycles. The van der Waals surface area contributed by atoms with Crippen molar-refractivity contribution in [3.8, 4) is 67.5 Å². The van der Waals surface area contributed by atoms with Crippen LogP contribution in [0.4, 0.5) is 0 Å². The van der Waals surface area contributed by atoms with Gasteiger partial charge in [-0.15, -0.1) is 11.3 Å². The molecule has 0 unspecified atom stereocenters. The summed E-state index contributed by atoms with van der Waals surface area (Å²) >= 11 is 1.79. The van der Waals surface area contributed by atoms with Crippen LogP contribution < -0.4 is 4.74 Å². The van der Waals surface area contributed by atoms with E-state index < -0.39 is 5.41 Å². The Labute approximate surface area is 352 Å². The van der Waals surface area contributed by atoms with Crippen molar-refractivity contribution in [3.63, 3.8) is 0 Å². The van der Waals surface area contributed by atoms with Crippen LogP contribution in [0, 0.1) is 0 Å². The molecule has 10 aromatic rings. The van der Waals surface area contributed by atoms with Gasteiger partial charge in [0.2, 0.25) is 0 Å². The fourth-order valence-electron chi connectivity index (χ4n) is 10.8. The average Bonchev–Trinajstić information content (AvgIpc) is 3.90. The van der Waals surface area contributed by atoms with Gasteiger partial charge in [0.1, 0.15) is 11.5 Å². The fraction of sp³-hybridized carbons (Fsp3) is 0.0714. The quantitative estimate of drug-likeness (QED) is 0.179. The number of para-hydroxylation sites is 2. The summed E-state index contributed by atoms with van der Waals surface area (Å²) in [6.45, 7) is 4.75. The van der Waals surface area contributed by atoms with E-state index in [1.54, 1.807) is 11.3 Å². The van der Waals surface area contributed by atoms with Gasteiger partial charge < -0.3 is 4.74 Å². The van der Waals surface area contributed by atoms with Gasteiger partial charge in [0.15, 0.2) is 5.82 Å². The molecule has 0 saturated heterocycles. The molecular formula is C56H36N2OS. The number of hydrogen-bond acceptors (Lipinski definition) is 4. The van der Waals surface area contributed by atoms with Gasteiger partial charge in [0.05, 0.1) is 21.3 Å². The fourth-order valence-corrected chi connectivity index (χ4v) is 11.9. The summed E-state index contributed by atoms with van der Waals surface area (Å²) in [4.78, 5) is 10.6. The lowest BCUT2D eigenvalue weighted by Gasteiger charge is -2.39. The van der Waals surface area contributed by atoms with E-state index in [0.29, 0.717) is 0 Å². The molecule has 2 aliphatic carbocycles. The number of rotatable bonds is 3. The molecule has 0 N–H and O–H groups in total. The second-order valence-corrected chi connectivity index (χ2v) is 17.9. The van der Waals surface area contributed by atoms with Crippen molar-refractivity contribution in [2.45, 2.75) is 24.7 Å². The van der Waals surface area contributed by atoms with Gasteiger partial charge in [-0.2, -0.15) is 0 Å². The number of ether oxygens (including phenoxy) is 1. The number of thiophene rings is 1. The minimum absolute atomic E-state index is 0.256. The van der Waals surface area contributed by atoms with Crippen molar-refractivity contribution in [1.82, 2.24) is 9.97 Å². The summed E-state index contributed by atoms with van der Waals surface area (Å²) in [7, 11) is 0. The van der Waals surface area contributed by atoms with E-state index in [1.165, 1.54) is 82.4 Å². The molecule has 3 nitrogen and oxygen atoms in total. The molecule has 60 heavy (non-hydrogen) atoms. The molecule has 0 atom stereocenters. The topological polar surface area (TPSA) is 35.0 Å². The number of hydrogen-bond donors (Lipinski definition) is 0. The maximum Gasteiger partial charge on any atom is 0.160 e. The van der Waals surface area contributed by atoms with E-state index >= 15 is 0 Å². The van der Waals surface area contributed by atoms with E-state index in [1.807, 2.05) is 6.07 Å². The minimum atomic E-state index is -0.478. The Morgan fingerprint density at radius 3 is 1.80 bits per heavy atom. The van der Waals surface area contributed by atoms with E-state index in [0.717, 1.165) is 38.8 Å². The van der Waals surface area contributed by atoms with Crippen molar-refractivity contribution in [3.05, 3.63) is 215 Å². The summed E-state index contributed by atoms with van der Waals surface area (Å²) in [5.74, 6) is 2.57. The SMILES string of the molecule is CC1(C)c2ccc(-c3ccc4c(c3)-c3ccccc3C43c4ccccc4Oc4ccccc43)cc2-c2cccc(-c3nc(-c4ccccc4)nc4c3sc3ccccc34)c21. The molecule has 13 rings (SSSR count). The molecule has 0 amide bonds. The predicted molar refractivity (Wildman–Crippen MR) is 246 cm³/mol. The van der Waals surface area contributed by atoms with Gasteiger partial charge in [-0.05, 0) is 86.0 Å². The second kappa shape index (κ2) is 12.2. The number of benzene rings is 8. The van der Waals surface area contributed by atoms with Crippen LogP contribution in [-0.2, 0) is 10.8 Å². The van der Waals surface area contributed by atoms with Gasteiger partial charge in [0.25, 0.3) is 0 Å². The first-order valence-electron chi connectivity index (χ1n) is 20.7. The predicted octanol–water partition coefficient (Wildman–Crippen LogP) is 14.6. The van der Waals surface area contributed by atoms with E-state index in [-0.39, 0.29) is 5.41 Å². The summed E-state index contributed by atoms with van der Waals surface area (Å²) < 4.78 is 8.92. The molecule has 4 heteroatoms. The molecular weight excluding hydrogens is 749 g/mol. The van der Waals surface area contributed by atoms with Gasteiger partial charge in [-0.1, -0.05) is 166 Å². The first-order chi connectivity index (χ1) is 29.5. The van der Waals surface area contributed by atoms with Crippen LogP contribution in [0.5, 0.6) is 11.5 Å². The Hall–Kier alpha value is -7.14. The number of nitrogens with zero attached hydrogens (tertiary/aromatic N) is 2. The maximum atomic E-state index is 6.57. The highest BCUT2D eigenvalue weighted by atomic mass is 32.1. The van der Waals surface area contributed by atoms with Crippen LogP contribution in [0.25, 0.3) is 76.3 Å². The highest BCUT2D eigenvalue weighted by Crippen LogP contribution is 2.62. The lowest BCUT2D eigenvalue weighted by atomic mass is 9.66. The van der Waals surface area contributed by atoms with Crippen LogP contribution in [0.2, 0.25) is 0 Å². The third kappa shape index (κ3) is 4.43. The van der Waals surface area contributed by atoms with Crippen molar-refractivity contribution in [2.24, 2.45) is 0 Å². The third-order valence-electron chi connectivity index (χ3n) is 13.4. The number of fused-ring (bicyclic) bond motifs is 15. The zero-order valence-corrected chi connectivity index (χ0v) is 33.8. The average molecular weight is 785 g/mol. The Kier molecular flexibility index (Phi) is 6.87. The molecule has 0 radical (unpaired) electrons. The second-order valence-electron chi connectivity index (χ2n) is 16.8. The monoisotopic (exact) mass is 784 g/mol. The van der Waals surface area contributed by atoms with Gasteiger partial charge >= 0.3 is 0 Å². The number of aromatic nitrogens is 2. The lowest BCUT2D eigenvalue weighted by Crippen LogP contribution is -2.32. The van der Waals surface area contributed by atoms with Gasteiger partial charge in [-0.25, -0.2) is 9.97 Å². The molecule has 0 bridgehead atoms. The van der Waals surface area contributed by atoms with E-state index in [9.17, 15) is 0 Å². The normalized spacial score (nSPS) is 14.6. The highest BCUT2D eigenvalue weighted by molar-refractivity contribution is 7.26. The smallest absolute Gasteiger partial charge is 0.160 e. The summed E-state index contributed by atoms with van der Waals surface area (Å²) in [5, 5.41) is 1.17. The summed E-state index contributed by atoms with van der Waals surface area (Å²) in [6, 6.07) is 66.1. The zero-order chi connectivity index (χ0) is 39.7. The largest absolute Gasteiger partial charge is 0.457 e. The first-order valence-corrected chi connectivity index (χ1v) is 21.5. The Morgan fingerprint density at radius 2 is 1.03 bits per heavy atom. The van der Waals surface area contributed by atoms with E-state index in [2.05, 4.69) is 190 Å².